The number of hydrogen-bond donors (Lipinski definition) is 0. The Labute approximate surface area is 186 Å². The summed E-state index contributed by atoms with van der Waals surface area (Å²) < 4.78 is 21.8. The Morgan fingerprint density at radius 3 is 2.23 bits per heavy atom. The fourth-order valence-corrected chi connectivity index (χ4v) is 2.84. The molecule has 0 bridgehead atoms. The molecule has 0 aliphatic heterocycles. The molecule has 1 aromatic carbocycles. The average Bonchev–Trinajstić information content (AvgIpc) is 2.77. The molecular formula is C25H38O6. The van der Waals surface area contributed by atoms with Crippen LogP contribution in [0.1, 0.15) is 70.5 Å². The van der Waals surface area contributed by atoms with Crippen LogP contribution in [0.15, 0.2) is 42.5 Å². The van der Waals surface area contributed by atoms with Gasteiger partial charge in [0.25, 0.3) is 0 Å². The number of carbonyl (C=O) groups excluding carboxylic acids is 2. The first-order chi connectivity index (χ1) is 15.0. The number of rotatable bonds is 18. The van der Waals surface area contributed by atoms with E-state index in [1.54, 1.807) is 6.92 Å². The highest BCUT2D eigenvalue weighted by Crippen LogP contribution is 2.19. The van der Waals surface area contributed by atoms with Crippen molar-refractivity contribution < 1.29 is 28.5 Å². The minimum Gasteiger partial charge on any atom is -0.462 e. The van der Waals surface area contributed by atoms with Gasteiger partial charge < -0.3 is 18.9 Å². The van der Waals surface area contributed by atoms with E-state index in [1.807, 2.05) is 37.3 Å². The molecule has 1 aromatic rings. The molecule has 0 aliphatic carbocycles. The molecule has 1 unspecified atom stereocenters. The molecule has 0 spiro atoms. The van der Waals surface area contributed by atoms with Crippen LogP contribution in [-0.4, -0.2) is 45.0 Å². The van der Waals surface area contributed by atoms with Gasteiger partial charge >= 0.3 is 11.9 Å². The number of ether oxygens (including phenoxy) is 4. The van der Waals surface area contributed by atoms with Crippen LogP contribution in [0.4, 0.5) is 0 Å². The Hall–Kier alpha value is -2.18. The Balaban J connectivity index is 2.26. The fraction of sp³-hybridized carbons (Fsp3) is 0.600. The molecule has 31 heavy (non-hydrogen) atoms. The third kappa shape index (κ3) is 13.7. The van der Waals surface area contributed by atoms with Gasteiger partial charge in [0.15, 0.2) is 6.10 Å². The number of benzene rings is 1. The molecule has 0 aliphatic rings. The molecule has 1 atom stereocenters. The van der Waals surface area contributed by atoms with E-state index in [9.17, 15) is 9.59 Å². The predicted octanol–water partition coefficient (Wildman–Crippen LogP) is 5.17. The van der Waals surface area contributed by atoms with Crippen molar-refractivity contribution in [2.45, 2.75) is 64.9 Å². The van der Waals surface area contributed by atoms with Crippen molar-refractivity contribution >= 4 is 11.9 Å². The van der Waals surface area contributed by atoms with Gasteiger partial charge in [-0.2, -0.15) is 0 Å². The molecule has 0 heterocycles. The van der Waals surface area contributed by atoms with Crippen molar-refractivity contribution in [3.8, 4) is 0 Å². The zero-order chi connectivity index (χ0) is 22.7. The first-order valence-electron chi connectivity index (χ1n) is 11.3. The molecule has 0 fully saturated rings. The SMILES string of the molecule is C=C(C)C(=O)OCCCCCCC(=O)OC(COCCCCOCC)c1ccccc1. The van der Waals surface area contributed by atoms with Gasteiger partial charge in [-0.05, 0) is 45.1 Å². The summed E-state index contributed by atoms with van der Waals surface area (Å²) in [6.07, 6.45) is 5.12. The Kier molecular flexibility index (Phi) is 15.2. The molecule has 6 heteroatoms. The molecule has 0 radical (unpaired) electrons. The number of unbranched alkanes of at least 4 members (excludes halogenated alkanes) is 4. The van der Waals surface area contributed by atoms with Gasteiger partial charge in [0, 0.05) is 31.8 Å². The lowest BCUT2D eigenvalue weighted by atomic mass is 10.1. The number of carbonyl (C=O) groups is 2. The third-order valence-corrected chi connectivity index (χ3v) is 4.60. The summed E-state index contributed by atoms with van der Waals surface area (Å²) >= 11 is 0. The highest BCUT2D eigenvalue weighted by Gasteiger charge is 2.17. The van der Waals surface area contributed by atoms with Crippen LogP contribution < -0.4 is 0 Å². The van der Waals surface area contributed by atoms with E-state index >= 15 is 0 Å². The van der Waals surface area contributed by atoms with Crippen molar-refractivity contribution in [3.63, 3.8) is 0 Å². The van der Waals surface area contributed by atoms with Crippen molar-refractivity contribution in [2.24, 2.45) is 0 Å². The maximum atomic E-state index is 12.3. The standard InChI is InChI=1S/C25H38O6/c1-4-28-17-12-13-18-29-20-23(22-14-8-7-9-15-22)31-24(26)16-10-5-6-11-19-30-25(27)21(2)3/h7-9,14-15,23H,2,4-6,10-13,16-20H2,1,3H3. The molecule has 0 aromatic heterocycles. The Bertz CT molecular complexity index is 628. The highest BCUT2D eigenvalue weighted by atomic mass is 16.6. The van der Waals surface area contributed by atoms with Gasteiger partial charge in [-0.1, -0.05) is 49.8 Å². The summed E-state index contributed by atoms with van der Waals surface area (Å²) in [4.78, 5) is 23.6. The van der Waals surface area contributed by atoms with Crippen LogP contribution in [0.25, 0.3) is 0 Å². The Morgan fingerprint density at radius 2 is 1.55 bits per heavy atom. The van der Waals surface area contributed by atoms with Crippen LogP contribution in [0.2, 0.25) is 0 Å². The van der Waals surface area contributed by atoms with Crippen molar-refractivity contribution in [2.75, 3.05) is 33.0 Å². The van der Waals surface area contributed by atoms with E-state index in [0.717, 1.165) is 57.3 Å². The van der Waals surface area contributed by atoms with Crippen LogP contribution in [0.5, 0.6) is 0 Å². The second kappa shape index (κ2) is 17.5. The summed E-state index contributed by atoms with van der Waals surface area (Å²) in [5, 5.41) is 0. The molecule has 0 amide bonds. The van der Waals surface area contributed by atoms with E-state index in [2.05, 4.69) is 6.58 Å². The van der Waals surface area contributed by atoms with E-state index in [0.29, 0.717) is 31.8 Å². The zero-order valence-electron chi connectivity index (χ0n) is 19.1. The second-order valence-corrected chi connectivity index (χ2v) is 7.45. The molecule has 0 N–H and O–H groups in total. The van der Waals surface area contributed by atoms with Gasteiger partial charge in [0.05, 0.1) is 13.2 Å². The second-order valence-electron chi connectivity index (χ2n) is 7.45. The lowest BCUT2D eigenvalue weighted by Gasteiger charge is -2.18. The average molecular weight is 435 g/mol. The van der Waals surface area contributed by atoms with Crippen LogP contribution in [0.3, 0.4) is 0 Å². The lowest BCUT2D eigenvalue weighted by Crippen LogP contribution is -2.17. The minimum absolute atomic E-state index is 0.220. The highest BCUT2D eigenvalue weighted by molar-refractivity contribution is 5.86. The van der Waals surface area contributed by atoms with Gasteiger partial charge in [-0.15, -0.1) is 0 Å². The predicted molar refractivity (Wildman–Crippen MR) is 121 cm³/mol. The minimum atomic E-state index is -0.401. The first-order valence-corrected chi connectivity index (χ1v) is 11.3. The fourth-order valence-electron chi connectivity index (χ4n) is 2.84. The number of esters is 2. The summed E-state index contributed by atoms with van der Waals surface area (Å²) in [6.45, 7) is 9.98. The summed E-state index contributed by atoms with van der Waals surface area (Å²) in [5.74, 6) is -0.574. The molecule has 174 valence electrons. The summed E-state index contributed by atoms with van der Waals surface area (Å²) in [7, 11) is 0. The third-order valence-electron chi connectivity index (χ3n) is 4.60. The quantitative estimate of drug-likeness (QED) is 0.180. The topological polar surface area (TPSA) is 71.1 Å². The van der Waals surface area contributed by atoms with Crippen molar-refractivity contribution in [3.05, 3.63) is 48.0 Å². The van der Waals surface area contributed by atoms with Gasteiger partial charge in [-0.3, -0.25) is 4.79 Å². The van der Waals surface area contributed by atoms with Gasteiger partial charge in [0.1, 0.15) is 0 Å². The van der Waals surface area contributed by atoms with E-state index < -0.39 is 6.10 Å². The maximum absolute atomic E-state index is 12.3. The van der Waals surface area contributed by atoms with Gasteiger partial charge in [0.2, 0.25) is 0 Å². The summed E-state index contributed by atoms with van der Waals surface area (Å²) in [6, 6.07) is 9.69. The molecular weight excluding hydrogens is 396 g/mol. The van der Waals surface area contributed by atoms with Crippen LogP contribution >= 0.6 is 0 Å². The monoisotopic (exact) mass is 434 g/mol. The Morgan fingerprint density at radius 1 is 0.903 bits per heavy atom. The normalized spacial score (nSPS) is 11.7. The van der Waals surface area contributed by atoms with Crippen molar-refractivity contribution in [1.29, 1.82) is 0 Å². The molecule has 0 saturated carbocycles. The maximum Gasteiger partial charge on any atom is 0.333 e. The first kappa shape index (κ1) is 26.9. The van der Waals surface area contributed by atoms with Crippen LogP contribution in [-0.2, 0) is 28.5 Å². The zero-order valence-corrected chi connectivity index (χ0v) is 19.1. The molecule has 6 nitrogen and oxygen atoms in total. The smallest absolute Gasteiger partial charge is 0.333 e. The van der Waals surface area contributed by atoms with E-state index in [4.69, 9.17) is 18.9 Å². The van der Waals surface area contributed by atoms with Gasteiger partial charge in [-0.25, -0.2) is 4.79 Å². The summed E-state index contributed by atoms with van der Waals surface area (Å²) in [5.41, 5.74) is 1.34. The van der Waals surface area contributed by atoms with E-state index in [1.165, 1.54) is 0 Å². The largest absolute Gasteiger partial charge is 0.462 e. The molecule has 1 rings (SSSR count). The van der Waals surface area contributed by atoms with Crippen molar-refractivity contribution in [1.82, 2.24) is 0 Å². The molecule has 0 saturated heterocycles. The van der Waals surface area contributed by atoms with E-state index in [-0.39, 0.29) is 11.9 Å². The number of hydrogen-bond acceptors (Lipinski definition) is 6. The van der Waals surface area contributed by atoms with Crippen LogP contribution in [0, 0.1) is 0 Å². The lowest BCUT2D eigenvalue weighted by molar-refractivity contribution is -0.153.